The molecule has 0 amide bonds. The summed E-state index contributed by atoms with van der Waals surface area (Å²) >= 11 is 0. The molecule has 0 aliphatic carbocycles. The first-order valence-corrected chi connectivity index (χ1v) is 8.81. The van der Waals surface area contributed by atoms with E-state index in [-0.39, 0.29) is 6.04 Å². The smallest absolute Gasteiger partial charge is 0.119 e. The number of fused-ring (bicyclic) bond motifs is 1. The summed E-state index contributed by atoms with van der Waals surface area (Å²) in [6.45, 7) is 1.30. The zero-order valence-electron chi connectivity index (χ0n) is 14.3. The third kappa shape index (κ3) is 2.65. The second-order valence-electron chi connectivity index (χ2n) is 6.58. The Balaban J connectivity index is 1.45. The van der Waals surface area contributed by atoms with Gasteiger partial charge in [-0.3, -0.25) is 0 Å². The second kappa shape index (κ2) is 6.32. The van der Waals surface area contributed by atoms with Crippen LogP contribution in [-0.2, 0) is 4.74 Å². The van der Waals surface area contributed by atoms with Crippen molar-refractivity contribution in [1.29, 1.82) is 0 Å². The van der Waals surface area contributed by atoms with E-state index in [2.05, 4.69) is 81.6 Å². The van der Waals surface area contributed by atoms with Crippen molar-refractivity contribution in [2.24, 2.45) is 0 Å². The lowest BCUT2D eigenvalue weighted by Gasteiger charge is -2.25. The highest BCUT2D eigenvalue weighted by Crippen LogP contribution is 2.33. The van der Waals surface area contributed by atoms with Crippen LogP contribution in [0.15, 0.2) is 79.1 Å². The highest BCUT2D eigenvalue weighted by Gasteiger charge is 2.27. The highest BCUT2D eigenvalue weighted by atomic mass is 16.5. The molecule has 128 valence electrons. The van der Waals surface area contributed by atoms with Crippen molar-refractivity contribution in [2.45, 2.75) is 6.04 Å². The summed E-state index contributed by atoms with van der Waals surface area (Å²) in [5.41, 5.74) is 6.93. The monoisotopic (exact) mass is 341 g/mol. The van der Waals surface area contributed by atoms with Crippen molar-refractivity contribution in [3.05, 3.63) is 84.7 Å². The molecule has 1 saturated heterocycles. The Morgan fingerprint density at radius 2 is 1.73 bits per heavy atom. The Labute approximate surface area is 152 Å². The molecule has 26 heavy (non-hydrogen) atoms. The molecule has 5 rings (SSSR count). The summed E-state index contributed by atoms with van der Waals surface area (Å²) in [5.74, 6) is 0. The minimum Gasteiger partial charge on any atom is -0.359 e. The third-order valence-electron chi connectivity index (χ3n) is 5.02. The Morgan fingerprint density at radius 1 is 0.923 bits per heavy atom. The third-order valence-corrected chi connectivity index (χ3v) is 5.02. The number of benzene rings is 3. The lowest BCUT2D eigenvalue weighted by Crippen LogP contribution is -2.23. The molecule has 4 aromatic rings. The van der Waals surface area contributed by atoms with E-state index in [1.807, 2.05) is 6.07 Å². The van der Waals surface area contributed by atoms with Crippen molar-refractivity contribution in [3.63, 3.8) is 0 Å². The van der Waals surface area contributed by atoms with Gasteiger partial charge < -0.3 is 14.6 Å². The van der Waals surface area contributed by atoms with E-state index >= 15 is 0 Å². The highest BCUT2D eigenvalue weighted by molar-refractivity contribution is 5.79. The molecule has 1 aromatic heterocycles. The minimum atomic E-state index is 0.222. The van der Waals surface area contributed by atoms with Crippen LogP contribution in [0.25, 0.3) is 22.2 Å². The number of hydrogen-bond donors (Lipinski definition) is 1. The van der Waals surface area contributed by atoms with Crippen LogP contribution in [0.3, 0.4) is 0 Å². The molecule has 1 N–H and O–H groups in total. The second-order valence-corrected chi connectivity index (χ2v) is 6.58. The van der Waals surface area contributed by atoms with Gasteiger partial charge in [-0.1, -0.05) is 54.6 Å². The Hall–Kier alpha value is -3.11. The molecule has 0 bridgehead atoms. The van der Waals surface area contributed by atoms with Crippen LogP contribution in [0.5, 0.6) is 0 Å². The maximum absolute atomic E-state index is 5.79. The first-order valence-electron chi connectivity index (χ1n) is 8.81. The molecule has 1 fully saturated rings. The van der Waals surface area contributed by atoms with Crippen molar-refractivity contribution < 1.29 is 4.74 Å². The summed E-state index contributed by atoms with van der Waals surface area (Å²) in [6, 6.07) is 25.8. The standard InChI is InChI=1S/C22H19N3O/c1-2-4-16(5-3-1)17-6-8-18(9-7-17)22-13-26-15-25(22)19-10-11-20-21(12-19)24-14-23-20/h1-12,14,22H,13,15H2,(H,23,24)/t22-/m1/s1. The molecule has 0 saturated carbocycles. The van der Waals surface area contributed by atoms with Gasteiger partial charge in [0.25, 0.3) is 0 Å². The molecular weight excluding hydrogens is 322 g/mol. The van der Waals surface area contributed by atoms with Gasteiger partial charge >= 0.3 is 0 Å². The number of ether oxygens (including phenoxy) is 1. The van der Waals surface area contributed by atoms with Gasteiger partial charge in [-0.2, -0.15) is 0 Å². The number of aromatic nitrogens is 2. The number of nitrogens with zero attached hydrogens (tertiary/aromatic N) is 2. The summed E-state index contributed by atoms with van der Waals surface area (Å²) < 4.78 is 5.79. The lowest BCUT2D eigenvalue weighted by molar-refractivity contribution is 0.194. The molecule has 0 spiro atoms. The number of imidazole rings is 1. The molecule has 4 heteroatoms. The molecule has 4 nitrogen and oxygen atoms in total. The number of nitrogens with one attached hydrogen (secondary N) is 1. The fourth-order valence-corrected chi connectivity index (χ4v) is 3.60. The average Bonchev–Trinajstić information content (AvgIpc) is 3.37. The minimum absolute atomic E-state index is 0.222. The lowest BCUT2D eigenvalue weighted by atomic mass is 10.0. The van der Waals surface area contributed by atoms with Gasteiger partial charge in [-0.15, -0.1) is 0 Å². The maximum atomic E-state index is 5.79. The number of H-pyrrole nitrogens is 1. The average molecular weight is 341 g/mol. The Bertz CT molecular complexity index is 1020. The number of hydrogen-bond acceptors (Lipinski definition) is 3. The van der Waals surface area contributed by atoms with E-state index in [0.717, 1.165) is 16.7 Å². The van der Waals surface area contributed by atoms with Crippen molar-refractivity contribution in [2.75, 3.05) is 18.2 Å². The van der Waals surface area contributed by atoms with Crippen molar-refractivity contribution in [3.8, 4) is 11.1 Å². The maximum Gasteiger partial charge on any atom is 0.119 e. The molecule has 2 heterocycles. The Kier molecular flexibility index (Phi) is 3.68. The number of anilines is 1. The quantitative estimate of drug-likeness (QED) is 0.584. The fourth-order valence-electron chi connectivity index (χ4n) is 3.60. The molecule has 1 aliphatic heterocycles. The normalized spacial score (nSPS) is 17.1. The molecular formula is C22H19N3O. The zero-order chi connectivity index (χ0) is 17.3. The van der Waals surface area contributed by atoms with Crippen molar-refractivity contribution >= 4 is 16.7 Å². The van der Waals surface area contributed by atoms with Crippen LogP contribution in [0, 0.1) is 0 Å². The first kappa shape index (κ1) is 15.2. The molecule has 0 radical (unpaired) electrons. The summed E-state index contributed by atoms with van der Waals surface area (Å²) in [5, 5.41) is 0. The Morgan fingerprint density at radius 3 is 2.58 bits per heavy atom. The van der Waals surface area contributed by atoms with Gasteiger partial charge in [0.05, 0.1) is 30.0 Å². The van der Waals surface area contributed by atoms with Crippen LogP contribution in [0.1, 0.15) is 11.6 Å². The van der Waals surface area contributed by atoms with E-state index in [1.165, 1.54) is 16.7 Å². The molecule has 1 atom stereocenters. The zero-order valence-corrected chi connectivity index (χ0v) is 14.3. The van der Waals surface area contributed by atoms with E-state index in [4.69, 9.17) is 4.74 Å². The van der Waals surface area contributed by atoms with Gasteiger partial charge in [-0.25, -0.2) is 4.98 Å². The SMILES string of the molecule is c1ccc(-c2ccc([C@H]3COCN3c3ccc4nc[nH]c4c3)cc2)cc1. The van der Waals surface area contributed by atoms with E-state index < -0.39 is 0 Å². The van der Waals surface area contributed by atoms with Gasteiger partial charge in [-0.05, 0) is 34.9 Å². The fraction of sp³-hybridized carbons (Fsp3) is 0.136. The van der Waals surface area contributed by atoms with Crippen LogP contribution in [0.4, 0.5) is 5.69 Å². The number of aromatic amines is 1. The van der Waals surface area contributed by atoms with E-state index in [0.29, 0.717) is 13.3 Å². The molecule has 1 aliphatic rings. The number of rotatable bonds is 3. The van der Waals surface area contributed by atoms with Crippen LogP contribution >= 0.6 is 0 Å². The van der Waals surface area contributed by atoms with Crippen molar-refractivity contribution in [1.82, 2.24) is 9.97 Å². The van der Waals surface area contributed by atoms with Crippen LogP contribution < -0.4 is 4.90 Å². The first-order chi connectivity index (χ1) is 12.9. The van der Waals surface area contributed by atoms with Crippen LogP contribution in [-0.4, -0.2) is 23.3 Å². The van der Waals surface area contributed by atoms with Gasteiger partial charge in [0, 0.05) is 5.69 Å². The van der Waals surface area contributed by atoms with Gasteiger partial charge in [0.2, 0.25) is 0 Å². The molecule has 3 aromatic carbocycles. The van der Waals surface area contributed by atoms with Crippen LogP contribution in [0.2, 0.25) is 0 Å². The summed E-state index contributed by atoms with van der Waals surface area (Å²) in [4.78, 5) is 9.79. The predicted molar refractivity (Wildman–Crippen MR) is 104 cm³/mol. The van der Waals surface area contributed by atoms with Gasteiger partial charge in [0.1, 0.15) is 6.73 Å². The summed E-state index contributed by atoms with van der Waals surface area (Å²) in [6.07, 6.45) is 1.73. The predicted octanol–water partition coefficient (Wildman–Crippen LogP) is 4.77. The van der Waals surface area contributed by atoms with E-state index in [9.17, 15) is 0 Å². The topological polar surface area (TPSA) is 41.1 Å². The summed E-state index contributed by atoms with van der Waals surface area (Å²) in [7, 11) is 0. The van der Waals surface area contributed by atoms with Gasteiger partial charge in [0.15, 0.2) is 0 Å². The molecule has 0 unspecified atom stereocenters. The largest absolute Gasteiger partial charge is 0.359 e. The van der Waals surface area contributed by atoms with E-state index in [1.54, 1.807) is 6.33 Å².